The highest BCUT2D eigenvalue weighted by Crippen LogP contribution is 2.32. The summed E-state index contributed by atoms with van der Waals surface area (Å²) in [6, 6.07) is 18.5. The molecule has 162 valence electrons. The maximum Gasteiger partial charge on any atom is 0.234 e. The van der Waals surface area contributed by atoms with Crippen LogP contribution in [0, 0.1) is 11.6 Å². The Labute approximate surface area is 199 Å². The molecule has 3 aromatic carbocycles. The SMILES string of the molecule is O=C(CSc1nnc(-c2ccccc2Cl)n1-c1ccccc1)Nc1c(F)cc(F)cc1Br. The molecule has 10 heteroatoms. The molecule has 0 fully saturated rings. The number of benzene rings is 3. The number of aromatic nitrogens is 3. The molecule has 0 bridgehead atoms. The average molecular weight is 536 g/mol. The Morgan fingerprint density at radius 3 is 2.50 bits per heavy atom. The number of para-hydroxylation sites is 1. The van der Waals surface area contributed by atoms with Crippen molar-refractivity contribution < 1.29 is 13.6 Å². The minimum atomic E-state index is -0.872. The third-order valence-electron chi connectivity index (χ3n) is 4.37. The van der Waals surface area contributed by atoms with Crippen LogP contribution in [0.2, 0.25) is 5.02 Å². The zero-order valence-electron chi connectivity index (χ0n) is 16.2. The van der Waals surface area contributed by atoms with Crippen molar-refractivity contribution in [3.05, 3.63) is 87.9 Å². The third-order valence-corrected chi connectivity index (χ3v) is 6.25. The van der Waals surface area contributed by atoms with Crippen molar-refractivity contribution in [2.75, 3.05) is 11.1 Å². The van der Waals surface area contributed by atoms with Crippen LogP contribution in [0.3, 0.4) is 0 Å². The molecule has 0 unspecified atom stereocenters. The fourth-order valence-corrected chi connectivity index (χ4v) is 4.44. The number of carbonyl (C=O) groups excluding carboxylic acids is 1. The van der Waals surface area contributed by atoms with Gasteiger partial charge in [-0.15, -0.1) is 10.2 Å². The summed E-state index contributed by atoms with van der Waals surface area (Å²) in [6.07, 6.45) is 0. The zero-order chi connectivity index (χ0) is 22.7. The molecule has 5 nitrogen and oxygen atoms in total. The van der Waals surface area contributed by atoms with Gasteiger partial charge >= 0.3 is 0 Å². The van der Waals surface area contributed by atoms with Gasteiger partial charge in [0.2, 0.25) is 5.91 Å². The summed E-state index contributed by atoms with van der Waals surface area (Å²) in [6.45, 7) is 0. The number of anilines is 1. The van der Waals surface area contributed by atoms with Gasteiger partial charge in [0, 0.05) is 21.8 Å². The first-order valence-corrected chi connectivity index (χ1v) is 11.4. The van der Waals surface area contributed by atoms with E-state index in [2.05, 4.69) is 31.4 Å². The van der Waals surface area contributed by atoms with Crippen LogP contribution in [0.15, 0.2) is 76.4 Å². The van der Waals surface area contributed by atoms with Crippen molar-refractivity contribution in [3.8, 4) is 17.1 Å². The summed E-state index contributed by atoms with van der Waals surface area (Å²) >= 11 is 10.6. The first-order valence-electron chi connectivity index (χ1n) is 9.27. The predicted octanol–water partition coefficient (Wildman–Crippen LogP) is 6.36. The lowest BCUT2D eigenvalue weighted by Gasteiger charge is -2.12. The molecule has 0 saturated carbocycles. The van der Waals surface area contributed by atoms with Crippen molar-refractivity contribution in [1.82, 2.24) is 14.8 Å². The van der Waals surface area contributed by atoms with Gasteiger partial charge in [0.05, 0.1) is 16.5 Å². The van der Waals surface area contributed by atoms with Crippen LogP contribution in [0.1, 0.15) is 0 Å². The van der Waals surface area contributed by atoms with E-state index in [4.69, 9.17) is 11.6 Å². The van der Waals surface area contributed by atoms with Crippen molar-refractivity contribution in [2.24, 2.45) is 0 Å². The van der Waals surface area contributed by atoms with Gasteiger partial charge < -0.3 is 5.32 Å². The molecule has 1 amide bonds. The van der Waals surface area contributed by atoms with Gasteiger partial charge in [-0.25, -0.2) is 8.78 Å². The monoisotopic (exact) mass is 534 g/mol. The van der Waals surface area contributed by atoms with Gasteiger partial charge in [-0.05, 0) is 46.3 Å². The van der Waals surface area contributed by atoms with Crippen LogP contribution >= 0.6 is 39.3 Å². The molecule has 0 aliphatic heterocycles. The standard InChI is InChI=1S/C22H14BrClF2N4OS/c23-16-10-13(25)11-18(26)20(16)27-19(31)12-32-22-29-28-21(15-8-4-5-9-17(15)24)30(22)14-6-2-1-3-7-14/h1-11H,12H2,(H,27,31). The fraction of sp³-hybridized carbons (Fsp3) is 0.0455. The van der Waals surface area contributed by atoms with E-state index in [1.54, 1.807) is 10.6 Å². The number of halogens is 4. The normalized spacial score (nSPS) is 10.9. The molecule has 4 rings (SSSR count). The highest BCUT2D eigenvalue weighted by molar-refractivity contribution is 9.10. The molecular formula is C22H14BrClF2N4OS. The van der Waals surface area contributed by atoms with Crippen molar-refractivity contribution in [1.29, 1.82) is 0 Å². The molecule has 0 atom stereocenters. The van der Waals surface area contributed by atoms with Gasteiger partial charge in [0.1, 0.15) is 5.82 Å². The Morgan fingerprint density at radius 2 is 1.78 bits per heavy atom. The number of hydrogen-bond acceptors (Lipinski definition) is 4. The number of nitrogens with zero attached hydrogens (tertiary/aromatic N) is 3. The first kappa shape index (κ1) is 22.4. The maximum absolute atomic E-state index is 14.0. The smallest absolute Gasteiger partial charge is 0.234 e. The number of carbonyl (C=O) groups is 1. The molecule has 0 radical (unpaired) electrons. The van der Waals surface area contributed by atoms with Crippen LogP contribution in [0.25, 0.3) is 17.1 Å². The summed E-state index contributed by atoms with van der Waals surface area (Å²) < 4.78 is 29.2. The van der Waals surface area contributed by atoms with Crippen molar-refractivity contribution in [2.45, 2.75) is 5.16 Å². The van der Waals surface area contributed by atoms with E-state index in [1.165, 1.54) is 0 Å². The molecule has 1 heterocycles. The molecule has 32 heavy (non-hydrogen) atoms. The van der Waals surface area contributed by atoms with E-state index >= 15 is 0 Å². The summed E-state index contributed by atoms with van der Waals surface area (Å²) in [5.41, 5.74) is 1.36. The highest BCUT2D eigenvalue weighted by Gasteiger charge is 2.19. The minimum absolute atomic E-state index is 0.0727. The van der Waals surface area contributed by atoms with Crippen LogP contribution in [-0.2, 0) is 4.79 Å². The molecule has 1 aromatic heterocycles. The average Bonchev–Trinajstić information content (AvgIpc) is 3.19. The number of rotatable bonds is 6. The van der Waals surface area contributed by atoms with Gasteiger partial charge in [-0.3, -0.25) is 9.36 Å². The van der Waals surface area contributed by atoms with E-state index < -0.39 is 17.5 Å². The third kappa shape index (κ3) is 4.85. The lowest BCUT2D eigenvalue weighted by atomic mass is 10.2. The topological polar surface area (TPSA) is 59.8 Å². The Hall–Kier alpha value is -2.75. The summed E-state index contributed by atoms with van der Waals surface area (Å²) in [7, 11) is 0. The Bertz CT molecular complexity index is 1260. The van der Waals surface area contributed by atoms with Crippen LogP contribution in [0.5, 0.6) is 0 Å². The number of amides is 1. The predicted molar refractivity (Wildman–Crippen MR) is 125 cm³/mol. The minimum Gasteiger partial charge on any atom is -0.322 e. The summed E-state index contributed by atoms with van der Waals surface area (Å²) in [4.78, 5) is 12.5. The lowest BCUT2D eigenvalue weighted by molar-refractivity contribution is -0.113. The van der Waals surface area contributed by atoms with Gasteiger partial charge in [0.15, 0.2) is 16.8 Å². The summed E-state index contributed by atoms with van der Waals surface area (Å²) in [5.74, 6) is -1.65. The van der Waals surface area contributed by atoms with Crippen molar-refractivity contribution >= 4 is 50.9 Å². The largest absolute Gasteiger partial charge is 0.322 e. The van der Waals surface area contributed by atoms with Gasteiger partial charge in [0.25, 0.3) is 0 Å². The molecule has 1 N–H and O–H groups in total. The van der Waals surface area contributed by atoms with E-state index in [9.17, 15) is 13.6 Å². The van der Waals surface area contributed by atoms with Crippen LogP contribution in [-0.4, -0.2) is 26.4 Å². The number of thioether (sulfide) groups is 1. The fourth-order valence-electron chi connectivity index (χ4n) is 2.96. The van der Waals surface area contributed by atoms with Gasteiger partial charge in [-0.1, -0.05) is 53.7 Å². The second kappa shape index (κ2) is 9.81. The van der Waals surface area contributed by atoms with E-state index in [0.717, 1.165) is 23.5 Å². The Morgan fingerprint density at radius 1 is 1.06 bits per heavy atom. The second-order valence-electron chi connectivity index (χ2n) is 6.54. The molecular weight excluding hydrogens is 522 g/mol. The van der Waals surface area contributed by atoms with Crippen LogP contribution in [0.4, 0.5) is 14.5 Å². The molecule has 4 aromatic rings. The van der Waals surface area contributed by atoms with Crippen LogP contribution < -0.4 is 5.32 Å². The van der Waals surface area contributed by atoms with E-state index in [0.29, 0.717) is 27.6 Å². The quantitative estimate of drug-likeness (QED) is 0.292. The molecule has 0 saturated heterocycles. The second-order valence-corrected chi connectivity index (χ2v) is 8.74. The lowest BCUT2D eigenvalue weighted by Crippen LogP contribution is -2.16. The highest BCUT2D eigenvalue weighted by atomic mass is 79.9. The van der Waals surface area contributed by atoms with Crippen molar-refractivity contribution in [3.63, 3.8) is 0 Å². The Kier molecular flexibility index (Phi) is 6.88. The molecule has 0 spiro atoms. The van der Waals surface area contributed by atoms with E-state index in [1.807, 2.05) is 48.5 Å². The first-order chi connectivity index (χ1) is 15.4. The molecule has 0 aliphatic rings. The number of hydrogen-bond donors (Lipinski definition) is 1. The van der Waals surface area contributed by atoms with Gasteiger partial charge in [-0.2, -0.15) is 0 Å². The zero-order valence-corrected chi connectivity index (χ0v) is 19.4. The number of nitrogens with one attached hydrogen (secondary N) is 1. The van der Waals surface area contributed by atoms with E-state index in [-0.39, 0.29) is 15.9 Å². The Balaban J connectivity index is 1.61. The molecule has 0 aliphatic carbocycles. The summed E-state index contributed by atoms with van der Waals surface area (Å²) in [5, 5.41) is 12.0. The maximum atomic E-state index is 14.0.